The van der Waals surface area contributed by atoms with Gasteiger partial charge in [-0.05, 0) is 30.5 Å². The minimum Gasteiger partial charge on any atom is -0.408 e. The van der Waals surface area contributed by atoms with Crippen LogP contribution in [0.3, 0.4) is 0 Å². The number of hydrogen-bond donors (Lipinski definition) is 1. The molecule has 0 unspecified atom stereocenters. The summed E-state index contributed by atoms with van der Waals surface area (Å²) in [6, 6.07) is 11.0. The Balaban J connectivity index is 1.68. The quantitative estimate of drug-likeness (QED) is 0.786. The van der Waals surface area contributed by atoms with Gasteiger partial charge in [-0.15, -0.1) is 11.3 Å². The molecule has 1 amide bonds. The van der Waals surface area contributed by atoms with Crippen molar-refractivity contribution in [1.29, 1.82) is 0 Å². The Kier molecular flexibility index (Phi) is 4.11. The Bertz CT molecular complexity index is 833. The third kappa shape index (κ3) is 3.12. The highest BCUT2D eigenvalue weighted by Gasteiger charge is 2.14. The van der Waals surface area contributed by atoms with Gasteiger partial charge in [-0.25, -0.2) is 4.79 Å². The van der Waals surface area contributed by atoms with E-state index in [1.807, 2.05) is 42.6 Å². The van der Waals surface area contributed by atoms with Crippen LogP contribution in [0.2, 0.25) is 0 Å². The van der Waals surface area contributed by atoms with Crippen molar-refractivity contribution in [1.82, 2.24) is 9.88 Å². The number of oxazole rings is 1. The summed E-state index contributed by atoms with van der Waals surface area (Å²) in [5.41, 5.74) is 1.30. The van der Waals surface area contributed by atoms with Gasteiger partial charge in [0.15, 0.2) is 5.58 Å². The van der Waals surface area contributed by atoms with Crippen LogP contribution < -0.4 is 11.1 Å². The number of fused-ring (bicyclic) bond motifs is 1. The monoisotopic (exact) mass is 316 g/mol. The molecule has 1 atom stereocenters. The van der Waals surface area contributed by atoms with Crippen molar-refractivity contribution >= 4 is 28.3 Å². The number of carbonyl (C=O) groups is 1. The summed E-state index contributed by atoms with van der Waals surface area (Å²) >= 11 is 1.56. The molecular weight excluding hydrogens is 300 g/mol. The molecule has 0 radical (unpaired) electrons. The minimum atomic E-state index is -0.402. The van der Waals surface area contributed by atoms with Crippen molar-refractivity contribution in [3.8, 4) is 0 Å². The molecule has 0 saturated carbocycles. The SMILES string of the molecule is C[C@@H](Cn1c(=O)oc2ccccc21)NC(=O)Cc1cccs1. The Morgan fingerprint density at radius 1 is 1.32 bits per heavy atom. The number of carbonyl (C=O) groups excluding carboxylic acids is 1. The first-order chi connectivity index (χ1) is 10.6. The first kappa shape index (κ1) is 14.6. The number of nitrogens with one attached hydrogen (secondary N) is 1. The molecule has 0 aliphatic carbocycles. The molecule has 1 N–H and O–H groups in total. The van der Waals surface area contributed by atoms with Gasteiger partial charge in [-0.2, -0.15) is 0 Å². The lowest BCUT2D eigenvalue weighted by atomic mass is 10.2. The van der Waals surface area contributed by atoms with E-state index in [0.717, 1.165) is 10.4 Å². The maximum atomic E-state index is 12.0. The molecule has 2 heterocycles. The van der Waals surface area contributed by atoms with E-state index in [1.165, 1.54) is 0 Å². The maximum absolute atomic E-state index is 12.0. The van der Waals surface area contributed by atoms with E-state index in [1.54, 1.807) is 22.0 Å². The maximum Gasteiger partial charge on any atom is 0.420 e. The lowest BCUT2D eigenvalue weighted by Crippen LogP contribution is -2.38. The van der Waals surface area contributed by atoms with Crippen LogP contribution in [0, 0.1) is 0 Å². The normalized spacial score (nSPS) is 12.4. The Hall–Kier alpha value is -2.34. The van der Waals surface area contributed by atoms with Crippen molar-refractivity contribution in [3.05, 3.63) is 57.2 Å². The fraction of sp³-hybridized carbons (Fsp3) is 0.250. The van der Waals surface area contributed by atoms with Crippen molar-refractivity contribution < 1.29 is 9.21 Å². The zero-order valence-electron chi connectivity index (χ0n) is 12.1. The van der Waals surface area contributed by atoms with Crippen LogP contribution in [-0.4, -0.2) is 16.5 Å². The number of rotatable bonds is 5. The molecule has 0 spiro atoms. The van der Waals surface area contributed by atoms with E-state index in [4.69, 9.17) is 4.42 Å². The smallest absolute Gasteiger partial charge is 0.408 e. The number of nitrogens with zero attached hydrogens (tertiary/aromatic N) is 1. The highest BCUT2D eigenvalue weighted by atomic mass is 32.1. The number of amides is 1. The van der Waals surface area contributed by atoms with Crippen molar-refractivity contribution in [2.75, 3.05) is 0 Å². The number of para-hydroxylation sites is 2. The van der Waals surface area contributed by atoms with E-state index < -0.39 is 5.76 Å². The average molecular weight is 316 g/mol. The summed E-state index contributed by atoms with van der Waals surface area (Å²) in [4.78, 5) is 24.9. The largest absolute Gasteiger partial charge is 0.420 e. The van der Waals surface area contributed by atoms with Gasteiger partial charge in [0.2, 0.25) is 5.91 Å². The van der Waals surface area contributed by atoms with Gasteiger partial charge in [0.25, 0.3) is 0 Å². The van der Waals surface area contributed by atoms with Gasteiger partial charge in [0.05, 0.1) is 11.9 Å². The van der Waals surface area contributed by atoms with Crippen molar-refractivity contribution in [2.24, 2.45) is 0 Å². The Morgan fingerprint density at radius 3 is 2.91 bits per heavy atom. The zero-order chi connectivity index (χ0) is 15.5. The molecule has 0 fully saturated rings. The molecule has 2 aromatic heterocycles. The van der Waals surface area contributed by atoms with Crippen LogP contribution in [0.5, 0.6) is 0 Å². The average Bonchev–Trinajstić information content (AvgIpc) is 3.08. The lowest BCUT2D eigenvalue weighted by molar-refractivity contribution is -0.121. The molecule has 3 rings (SSSR count). The fourth-order valence-corrected chi connectivity index (χ4v) is 3.11. The van der Waals surface area contributed by atoms with E-state index in [-0.39, 0.29) is 11.9 Å². The Morgan fingerprint density at radius 2 is 2.14 bits per heavy atom. The summed E-state index contributed by atoms with van der Waals surface area (Å²) < 4.78 is 6.73. The number of aromatic nitrogens is 1. The van der Waals surface area contributed by atoms with Crippen LogP contribution in [0.15, 0.2) is 51.0 Å². The van der Waals surface area contributed by atoms with Gasteiger partial charge in [0.1, 0.15) is 0 Å². The molecule has 22 heavy (non-hydrogen) atoms. The van der Waals surface area contributed by atoms with Crippen LogP contribution in [-0.2, 0) is 17.8 Å². The predicted octanol–water partition coefficient (Wildman–Crippen LogP) is 2.40. The zero-order valence-corrected chi connectivity index (χ0v) is 12.9. The summed E-state index contributed by atoms with van der Waals surface area (Å²) in [6.07, 6.45) is 0.364. The van der Waals surface area contributed by atoms with Gasteiger partial charge in [0, 0.05) is 17.5 Å². The molecular formula is C16H16N2O3S. The second-order valence-electron chi connectivity index (χ2n) is 5.17. The van der Waals surface area contributed by atoms with Gasteiger partial charge < -0.3 is 9.73 Å². The second kappa shape index (κ2) is 6.19. The topological polar surface area (TPSA) is 64.2 Å². The molecule has 0 aliphatic rings. The highest BCUT2D eigenvalue weighted by molar-refractivity contribution is 7.10. The first-order valence-corrected chi connectivity index (χ1v) is 7.91. The highest BCUT2D eigenvalue weighted by Crippen LogP contribution is 2.12. The summed E-state index contributed by atoms with van der Waals surface area (Å²) in [7, 11) is 0. The van der Waals surface area contributed by atoms with E-state index >= 15 is 0 Å². The van der Waals surface area contributed by atoms with E-state index in [0.29, 0.717) is 18.5 Å². The molecule has 3 aromatic rings. The first-order valence-electron chi connectivity index (χ1n) is 7.03. The van der Waals surface area contributed by atoms with Crippen LogP contribution >= 0.6 is 11.3 Å². The molecule has 0 bridgehead atoms. The molecule has 114 valence electrons. The summed E-state index contributed by atoms with van der Waals surface area (Å²) in [6.45, 7) is 2.26. The van der Waals surface area contributed by atoms with Gasteiger partial charge >= 0.3 is 5.76 Å². The van der Waals surface area contributed by atoms with Crippen LogP contribution in [0.4, 0.5) is 0 Å². The van der Waals surface area contributed by atoms with Crippen LogP contribution in [0.1, 0.15) is 11.8 Å². The van der Waals surface area contributed by atoms with Crippen molar-refractivity contribution in [2.45, 2.75) is 25.9 Å². The fourth-order valence-electron chi connectivity index (χ4n) is 2.40. The summed E-state index contributed by atoms with van der Waals surface area (Å²) in [5.74, 6) is -0.448. The number of hydrogen-bond acceptors (Lipinski definition) is 4. The van der Waals surface area contributed by atoms with Crippen molar-refractivity contribution in [3.63, 3.8) is 0 Å². The lowest BCUT2D eigenvalue weighted by Gasteiger charge is -2.14. The summed E-state index contributed by atoms with van der Waals surface area (Å²) in [5, 5.41) is 4.86. The predicted molar refractivity (Wildman–Crippen MR) is 86.1 cm³/mol. The Labute approximate surface area is 131 Å². The van der Waals surface area contributed by atoms with Gasteiger partial charge in [-0.1, -0.05) is 18.2 Å². The minimum absolute atomic E-state index is 0.0456. The van der Waals surface area contributed by atoms with Gasteiger partial charge in [-0.3, -0.25) is 9.36 Å². The van der Waals surface area contributed by atoms with Crippen LogP contribution in [0.25, 0.3) is 11.1 Å². The number of benzene rings is 1. The van der Waals surface area contributed by atoms with E-state index in [2.05, 4.69) is 5.32 Å². The molecule has 0 saturated heterocycles. The molecule has 5 nitrogen and oxygen atoms in total. The third-order valence-electron chi connectivity index (χ3n) is 3.35. The third-order valence-corrected chi connectivity index (χ3v) is 4.23. The molecule has 0 aliphatic heterocycles. The number of thiophene rings is 1. The molecule has 1 aromatic carbocycles. The molecule has 6 heteroatoms. The van der Waals surface area contributed by atoms with E-state index in [9.17, 15) is 9.59 Å². The second-order valence-corrected chi connectivity index (χ2v) is 6.20. The standard InChI is InChI=1S/C16H16N2O3S/c1-11(17-15(19)9-12-5-4-8-22-12)10-18-13-6-2-3-7-14(13)21-16(18)20/h2-8,11H,9-10H2,1H3,(H,17,19)/t11-/m0/s1.